The summed E-state index contributed by atoms with van der Waals surface area (Å²) in [5, 5.41) is 8.91. The molecule has 0 amide bonds. The highest BCUT2D eigenvalue weighted by Gasteiger charge is 2.24. The monoisotopic (exact) mass is 216 g/mol. The van der Waals surface area contributed by atoms with E-state index in [2.05, 4.69) is 22.9 Å². The van der Waals surface area contributed by atoms with Crippen LogP contribution < -0.4 is 10.6 Å². The van der Waals surface area contributed by atoms with Crippen molar-refractivity contribution in [3.8, 4) is 6.07 Å². The van der Waals surface area contributed by atoms with Crippen molar-refractivity contribution in [1.29, 1.82) is 5.26 Å². The van der Waals surface area contributed by atoms with Gasteiger partial charge in [-0.15, -0.1) is 0 Å². The number of aromatic nitrogens is 1. The van der Waals surface area contributed by atoms with E-state index >= 15 is 0 Å². The highest BCUT2D eigenvalue weighted by molar-refractivity contribution is 5.70. The van der Waals surface area contributed by atoms with E-state index in [0.717, 1.165) is 24.8 Å². The van der Waals surface area contributed by atoms with Crippen LogP contribution in [0.4, 0.5) is 11.5 Å². The van der Waals surface area contributed by atoms with Crippen LogP contribution >= 0.6 is 0 Å². The summed E-state index contributed by atoms with van der Waals surface area (Å²) in [5.74, 6) is 1.50. The van der Waals surface area contributed by atoms with E-state index in [9.17, 15) is 0 Å². The Morgan fingerprint density at radius 3 is 3.12 bits per heavy atom. The van der Waals surface area contributed by atoms with Gasteiger partial charge in [-0.1, -0.05) is 13.3 Å². The largest absolute Gasteiger partial charge is 0.395 e. The molecule has 0 aromatic carbocycles. The number of nitriles is 1. The van der Waals surface area contributed by atoms with Crippen LogP contribution in [-0.4, -0.2) is 18.1 Å². The Labute approximate surface area is 95.7 Å². The van der Waals surface area contributed by atoms with E-state index in [1.807, 2.05) is 0 Å². The second-order valence-electron chi connectivity index (χ2n) is 4.22. The average molecular weight is 216 g/mol. The van der Waals surface area contributed by atoms with Crippen LogP contribution in [0.5, 0.6) is 0 Å². The van der Waals surface area contributed by atoms with Crippen molar-refractivity contribution in [2.75, 3.05) is 23.7 Å². The Morgan fingerprint density at radius 2 is 2.50 bits per heavy atom. The zero-order valence-corrected chi connectivity index (χ0v) is 9.48. The van der Waals surface area contributed by atoms with Crippen LogP contribution in [0, 0.1) is 17.2 Å². The number of hydrogen-bond acceptors (Lipinski definition) is 4. The molecule has 1 aliphatic rings. The quantitative estimate of drug-likeness (QED) is 0.818. The smallest absolute Gasteiger partial charge is 0.153 e. The summed E-state index contributed by atoms with van der Waals surface area (Å²) in [6.45, 7) is 4.20. The summed E-state index contributed by atoms with van der Waals surface area (Å²) >= 11 is 0. The molecule has 1 aliphatic heterocycles. The molecule has 84 valence electrons. The van der Waals surface area contributed by atoms with Crippen LogP contribution in [0.25, 0.3) is 0 Å². The molecule has 2 heterocycles. The summed E-state index contributed by atoms with van der Waals surface area (Å²) in [4.78, 5) is 6.47. The topological polar surface area (TPSA) is 65.9 Å². The van der Waals surface area contributed by atoms with Gasteiger partial charge >= 0.3 is 0 Å². The van der Waals surface area contributed by atoms with Crippen LogP contribution in [0.1, 0.15) is 25.3 Å². The number of nitrogens with zero attached hydrogens (tertiary/aromatic N) is 3. The number of anilines is 2. The van der Waals surface area contributed by atoms with Crippen molar-refractivity contribution < 1.29 is 0 Å². The molecule has 1 atom stereocenters. The molecule has 1 aromatic rings. The zero-order valence-electron chi connectivity index (χ0n) is 9.48. The van der Waals surface area contributed by atoms with E-state index in [-0.39, 0.29) is 0 Å². The lowest BCUT2D eigenvalue weighted by Gasteiger charge is -2.19. The molecule has 16 heavy (non-hydrogen) atoms. The average Bonchev–Trinajstić information content (AvgIpc) is 2.78. The third-order valence-electron chi connectivity index (χ3n) is 3.25. The fourth-order valence-corrected chi connectivity index (χ4v) is 2.17. The molecule has 1 saturated heterocycles. The Balaban J connectivity index is 2.25. The van der Waals surface area contributed by atoms with E-state index in [1.165, 1.54) is 12.8 Å². The van der Waals surface area contributed by atoms with Crippen molar-refractivity contribution in [3.63, 3.8) is 0 Å². The molecule has 0 spiro atoms. The molecule has 4 heteroatoms. The lowest BCUT2D eigenvalue weighted by molar-refractivity contribution is 0.569. The minimum absolute atomic E-state index is 0.516. The maximum absolute atomic E-state index is 8.91. The van der Waals surface area contributed by atoms with E-state index in [0.29, 0.717) is 11.3 Å². The first-order chi connectivity index (χ1) is 7.76. The molecular weight excluding hydrogens is 200 g/mol. The number of rotatable bonds is 2. The summed E-state index contributed by atoms with van der Waals surface area (Å²) in [6, 6.07) is 3.75. The van der Waals surface area contributed by atoms with Crippen LogP contribution in [0.3, 0.4) is 0 Å². The van der Waals surface area contributed by atoms with Crippen LogP contribution in [0.15, 0.2) is 12.3 Å². The fourth-order valence-electron chi connectivity index (χ4n) is 2.17. The number of pyridine rings is 1. The highest BCUT2D eigenvalue weighted by Crippen LogP contribution is 2.29. The SMILES string of the molecule is CCC1CCN(c2nccc(C#N)c2N)C1. The Hall–Kier alpha value is -1.76. The Morgan fingerprint density at radius 1 is 1.69 bits per heavy atom. The molecule has 0 aliphatic carbocycles. The first kappa shape index (κ1) is 10.7. The number of nitrogen functional groups attached to an aromatic ring is 1. The Kier molecular flexibility index (Phi) is 2.95. The maximum Gasteiger partial charge on any atom is 0.153 e. The second kappa shape index (κ2) is 4.40. The van der Waals surface area contributed by atoms with Gasteiger partial charge in [-0.3, -0.25) is 0 Å². The fraction of sp³-hybridized carbons (Fsp3) is 0.500. The number of hydrogen-bond donors (Lipinski definition) is 1. The van der Waals surface area contributed by atoms with Gasteiger partial charge in [-0.05, 0) is 18.4 Å². The second-order valence-corrected chi connectivity index (χ2v) is 4.22. The summed E-state index contributed by atoms with van der Waals surface area (Å²) in [6.07, 6.45) is 4.03. The minimum Gasteiger partial charge on any atom is -0.395 e. The molecule has 4 nitrogen and oxygen atoms in total. The third-order valence-corrected chi connectivity index (χ3v) is 3.25. The molecule has 2 rings (SSSR count). The van der Waals surface area contributed by atoms with Gasteiger partial charge < -0.3 is 10.6 Å². The third kappa shape index (κ3) is 1.81. The van der Waals surface area contributed by atoms with Crippen molar-refractivity contribution in [1.82, 2.24) is 4.98 Å². The van der Waals surface area contributed by atoms with Crippen molar-refractivity contribution in [3.05, 3.63) is 17.8 Å². The lowest BCUT2D eigenvalue weighted by Crippen LogP contribution is -2.22. The normalized spacial score (nSPS) is 19.8. The van der Waals surface area contributed by atoms with Crippen molar-refractivity contribution >= 4 is 11.5 Å². The standard InChI is InChI=1S/C12H16N4/c1-2-9-4-6-16(8-9)12-11(14)10(7-13)3-5-15-12/h3,5,9H,2,4,6,8,14H2,1H3. The zero-order chi connectivity index (χ0) is 11.5. The van der Waals surface area contributed by atoms with Gasteiger partial charge in [0.05, 0.1) is 11.3 Å². The first-order valence-electron chi connectivity index (χ1n) is 5.65. The van der Waals surface area contributed by atoms with Gasteiger partial charge in [-0.25, -0.2) is 4.98 Å². The van der Waals surface area contributed by atoms with Gasteiger partial charge in [0.15, 0.2) is 5.82 Å². The van der Waals surface area contributed by atoms with Crippen LogP contribution in [0.2, 0.25) is 0 Å². The predicted molar refractivity (Wildman–Crippen MR) is 64.0 cm³/mol. The summed E-state index contributed by atoms with van der Waals surface area (Å²) < 4.78 is 0. The number of nitrogens with two attached hydrogens (primary N) is 1. The van der Waals surface area contributed by atoms with Gasteiger partial charge in [0, 0.05) is 19.3 Å². The highest BCUT2D eigenvalue weighted by atomic mass is 15.2. The van der Waals surface area contributed by atoms with Gasteiger partial charge in [-0.2, -0.15) is 5.26 Å². The molecule has 1 fully saturated rings. The first-order valence-corrected chi connectivity index (χ1v) is 5.65. The molecular formula is C12H16N4. The summed E-state index contributed by atoms with van der Waals surface area (Å²) in [7, 11) is 0. The summed E-state index contributed by atoms with van der Waals surface area (Å²) in [5.41, 5.74) is 6.97. The molecule has 0 radical (unpaired) electrons. The van der Waals surface area contributed by atoms with E-state index in [4.69, 9.17) is 11.0 Å². The molecule has 0 bridgehead atoms. The van der Waals surface area contributed by atoms with Gasteiger partial charge in [0.1, 0.15) is 6.07 Å². The van der Waals surface area contributed by atoms with Crippen LogP contribution in [-0.2, 0) is 0 Å². The molecule has 1 unspecified atom stereocenters. The van der Waals surface area contributed by atoms with E-state index in [1.54, 1.807) is 12.3 Å². The lowest BCUT2D eigenvalue weighted by atomic mass is 10.1. The predicted octanol–water partition coefficient (Wildman–Crippen LogP) is 1.77. The molecule has 1 aromatic heterocycles. The van der Waals surface area contributed by atoms with Gasteiger partial charge in [0.25, 0.3) is 0 Å². The van der Waals surface area contributed by atoms with Gasteiger partial charge in [0.2, 0.25) is 0 Å². The maximum atomic E-state index is 8.91. The molecule has 2 N–H and O–H groups in total. The minimum atomic E-state index is 0.516. The van der Waals surface area contributed by atoms with Crippen molar-refractivity contribution in [2.24, 2.45) is 5.92 Å². The van der Waals surface area contributed by atoms with Crippen molar-refractivity contribution in [2.45, 2.75) is 19.8 Å². The molecule has 0 saturated carbocycles. The van der Waals surface area contributed by atoms with E-state index < -0.39 is 0 Å². The Bertz CT molecular complexity index is 422.